The van der Waals surface area contributed by atoms with Gasteiger partial charge in [-0.1, -0.05) is 36.0 Å². The van der Waals surface area contributed by atoms with Crippen molar-refractivity contribution in [1.82, 2.24) is 14.8 Å². The Labute approximate surface area is 168 Å². The fraction of sp³-hybridized carbons (Fsp3) is 0.118. The number of nitrogens with zero attached hydrogens (tertiary/aromatic N) is 5. The highest BCUT2D eigenvalue weighted by Crippen LogP contribution is 2.26. The molecule has 1 N–H and O–H groups in total. The summed E-state index contributed by atoms with van der Waals surface area (Å²) >= 11 is 1.09. The summed E-state index contributed by atoms with van der Waals surface area (Å²) in [4.78, 5) is 33.1. The molecule has 0 saturated carbocycles. The maximum atomic E-state index is 12.2. The van der Waals surface area contributed by atoms with Gasteiger partial charge in [0.25, 0.3) is 11.4 Å². The van der Waals surface area contributed by atoms with E-state index in [1.807, 2.05) is 0 Å². The van der Waals surface area contributed by atoms with Gasteiger partial charge in [0.15, 0.2) is 11.0 Å². The molecule has 2 aromatic carbocycles. The number of rotatable bonds is 7. The molecular weight excluding hydrogens is 400 g/mol. The third-order valence-electron chi connectivity index (χ3n) is 3.86. The summed E-state index contributed by atoms with van der Waals surface area (Å²) in [6.45, 7) is 0. The zero-order chi connectivity index (χ0) is 21.0. The molecule has 0 bridgehead atoms. The summed E-state index contributed by atoms with van der Waals surface area (Å²) in [5.41, 5.74) is 0.366. The molecule has 1 amide bonds. The number of nitro groups is 2. The zero-order valence-electron chi connectivity index (χ0n) is 15.0. The highest BCUT2D eigenvalue weighted by Gasteiger charge is 2.17. The van der Waals surface area contributed by atoms with Gasteiger partial charge in [-0.05, 0) is 6.07 Å². The highest BCUT2D eigenvalue weighted by atomic mass is 32.2. The van der Waals surface area contributed by atoms with Gasteiger partial charge in [-0.25, -0.2) is 0 Å². The standard InChI is InChI=1S/C17H14N6O5S/c1-21-16(11-5-4-6-12(9-11)22(25)26)19-20-17(21)29-10-15(24)18-13-7-2-3-8-14(13)23(27)28/h2-9H,10H2,1H3,(H,18,24). The third kappa shape index (κ3) is 4.55. The first kappa shape index (κ1) is 19.9. The van der Waals surface area contributed by atoms with Crippen LogP contribution in [0.1, 0.15) is 0 Å². The number of nitro benzene ring substituents is 2. The average molecular weight is 414 g/mol. The minimum absolute atomic E-state index is 0.0487. The van der Waals surface area contributed by atoms with E-state index in [0.717, 1.165) is 11.8 Å². The minimum atomic E-state index is -0.573. The van der Waals surface area contributed by atoms with Crippen molar-refractivity contribution in [1.29, 1.82) is 0 Å². The number of thioether (sulfide) groups is 1. The molecule has 0 atom stereocenters. The molecule has 0 aliphatic heterocycles. The molecule has 12 heteroatoms. The molecule has 1 aromatic heterocycles. The largest absolute Gasteiger partial charge is 0.320 e. The number of nitrogens with one attached hydrogen (secondary N) is 1. The van der Waals surface area contributed by atoms with Crippen LogP contribution in [0.2, 0.25) is 0 Å². The number of benzene rings is 2. The SMILES string of the molecule is Cn1c(SCC(=O)Nc2ccccc2[N+](=O)[O-])nnc1-c1cccc([N+](=O)[O-])c1. The van der Waals surface area contributed by atoms with Crippen molar-refractivity contribution in [2.24, 2.45) is 7.05 Å². The second-order valence-electron chi connectivity index (χ2n) is 5.78. The number of hydrogen-bond acceptors (Lipinski definition) is 8. The first-order valence-electron chi connectivity index (χ1n) is 8.17. The Balaban J connectivity index is 1.70. The van der Waals surface area contributed by atoms with Gasteiger partial charge >= 0.3 is 0 Å². The maximum absolute atomic E-state index is 12.2. The Morgan fingerprint density at radius 2 is 1.86 bits per heavy atom. The van der Waals surface area contributed by atoms with Gasteiger partial charge in [-0.2, -0.15) is 0 Å². The summed E-state index contributed by atoms with van der Waals surface area (Å²) in [5, 5.41) is 32.9. The molecule has 3 rings (SSSR count). The number of hydrogen-bond donors (Lipinski definition) is 1. The molecule has 3 aromatic rings. The van der Waals surface area contributed by atoms with Crippen LogP contribution >= 0.6 is 11.8 Å². The normalized spacial score (nSPS) is 10.5. The summed E-state index contributed by atoms with van der Waals surface area (Å²) < 4.78 is 1.61. The average Bonchev–Trinajstić information content (AvgIpc) is 3.07. The number of aromatic nitrogens is 3. The number of amides is 1. The van der Waals surface area contributed by atoms with Crippen molar-refractivity contribution in [3.05, 3.63) is 68.8 Å². The lowest BCUT2D eigenvalue weighted by atomic mass is 10.2. The molecule has 0 spiro atoms. The molecule has 0 radical (unpaired) electrons. The number of non-ortho nitro benzene ring substituents is 1. The van der Waals surface area contributed by atoms with E-state index in [2.05, 4.69) is 15.5 Å². The Hall–Kier alpha value is -3.80. The van der Waals surface area contributed by atoms with Crippen LogP contribution in [0, 0.1) is 20.2 Å². The number of para-hydroxylation sites is 2. The quantitative estimate of drug-likeness (QED) is 0.352. The number of carbonyl (C=O) groups excluding carboxylic acids is 1. The van der Waals surface area contributed by atoms with Gasteiger partial charge in [-0.15, -0.1) is 10.2 Å². The fourth-order valence-corrected chi connectivity index (χ4v) is 3.22. The molecule has 1 heterocycles. The van der Waals surface area contributed by atoms with E-state index in [9.17, 15) is 25.0 Å². The molecule has 29 heavy (non-hydrogen) atoms. The summed E-state index contributed by atoms with van der Waals surface area (Å²) in [6.07, 6.45) is 0. The highest BCUT2D eigenvalue weighted by molar-refractivity contribution is 7.99. The molecule has 0 fully saturated rings. The van der Waals surface area contributed by atoms with Crippen molar-refractivity contribution in [2.45, 2.75) is 5.16 Å². The van der Waals surface area contributed by atoms with Gasteiger partial charge in [-0.3, -0.25) is 25.0 Å². The van der Waals surface area contributed by atoms with Gasteiger partial charge in [0.2, 0.25) is 5.91 Å². The number of carbonyl (C=O) groups is 1. The zero-order valence-corrected chi connectivity index (χ0v) is 15.8. The minimum Gasteiger partial charge on any atom is -0.320 e. The smallest absolute Gasteiger partial charge is 0.292 e. The predicted molar refractivity (Wildman–Crippen MR) is 106 cm³/mol. The van der Waals surface area contributed by atoms with Crippen molar-refractivity contribution < 1.29 is 14.6 Å². The van der Waals surface area contributed by atoms with Gasteiger partial charge in [0.1, 0.15) is 5.69 Å². The lowest BCUT2D eigenvalue weighted by molar-refractivity contribution is -0.384. The summed E-state index contributed by atoms with van der Waals surface area (Å²) in [7, 11) is 1.68. The van der Waals surface area contributed by atoms with E-state index in [4.69, 9.17) is 0 Å². The Kier molecular flexibility index (Phi) is 5.83. The fourth-order valence-electron chi connectivity index (χ4n) is 2.51. The van der Waals surface area contributed by atoms with E-state index in [1.165, 1.54) is 30.3 Å². The van der Waals surface area contributed by atoms with Crippen LogP contribution in [-0.2, 0) is 11.8 Å². The van der Waals surface area contributed by atoms with Crippen molar-refractivity contribution in [3.63, 3.8) is 0 Å². The molecule has 11 nitrogen and oxygen atoms in total. The topological polar surface area (TPSA) is 146 Å². The van der Waals surface area contributed by atoms with E-state index in [0.29, 0.717) is 16.5 Å². The maximum Gasteiger partial charge on any atom is 0.292 e. The van der Waals surface area contributed by atoms with Crippen LogP contribution in [0.3, 0.4) is 0 Å². The third-order valence-corrected chi connectivity index (χ3v) is 4.88. The van der Waals surface area contributed by atoms with Crippen LogP contribution in [0.5, 0.6) is 0 Å². The number of anilines is 1. The summed E-state index contributed by atoms with van der Waals surface area (Å²) in [6, 6.07) is 11.8. The Bertz CT molecular complexity index is 1100. The predicted octanol–water partition coefficient (Wildman–Crippen LogP) is 3.03. The van der Waals surface area contributed by atoms with Crippen molar-refractivity contribution in [3.8, 4) is 11.4 Å². The van der Waals surface area contributed by atoms with Gasteiger partial charge in [0.05, 0.1) is 15.6 Å². The Morgan fingerprint density at radius 3 is 2.59 bits per heavy atom. The van der Waals surface area contributed by atoms with Crippen molar-refractivity contribution in [2.75, 3.05) is 11.1 Å². The van der Waals surface area contributed by atoms with E-state index >= 15 is 0 Å². The first-order chi connectivity index (χ1) is 13.9. The van der Waals surface area contributed by atoms with Crippen LogP contribution in [0.4, 0.5) is 17.1 Å². The van der Waals surface area contributed by atoms with Crippen LogP contribution in [0.15, 0.2) is 53.7 Å². The van der Waals surface area contributed by atoms with Crippen LogP contribution < -0.4 is 5.32 Å². The van der Waals surface area contributed by atoms with Crippen LogP contribution in [0.25, 0.3) is 11.4 Å². The van der Waals surface area contributed by atoms with Crippen molar-refractivity contribution >= 4 is 34.7 Å². The second kappa shape index (κ2) is 8.48. The van der Waals surface area contributed by atoms with E-state index in [1.54, 1.807) is 29.8 Å². The molecule has 0 saturated heterocycles. The van der Waals surface area contributed by atoms with Gasteiger partial charge in [0, 0.05) is 30.8 Å². The lowest BCUT2D eigenvalue weighted by Gasteiger charge is -2.06. The van der Waals surface area contributed by atoms with Crippen LogP contribution in [-0.4, -0.2) is 36.3 Å². The first-order valence-corrected chi connectivity index (χ1v) is 9.15. The van der Waals surface area contributed by atoms with Gasteiger partial charge < -0.3 is 9.88 Å². The van der Waals surface area contributed by atoms with E-state index in [-0.39, 0.29) is 22.8 Å². The molecule has 148 valence electrons. The second-order valence-corrected chi connectivity index (χ2v) is 6.73. The lowest BCUT2D eigenvalue weighted by Crippen LogP contribution is -2.15. The molecule has 0 unspecified atom stereocenters. The summed E-state index contributed by atoms with van der Waals surface area (Å²) in [5.74, 6) is -0.0769. The molecule has 0 aliphatic rings. The monoisotopic (exact) mass is 414 g/mol. The molecular formula is C17H14N6O5S. The van der Waals surface area contributed by atoms with E-state index < -0.39 is 15.8 Å². The molecule has 0 aliphatic carbocycles. The Morgan fingerprint density at radius 1 is 1.10 bits per heavy atom.